The van der Waals surface area contributed by atoms with Gasteiger partial charge in [-0.15, -0.1) is 0 Å². The summed E-state index contributed by atoms with van der Waals surface area (Å²) >= 11 is 0. The van der Waals surface area contributed by atoms with Crippen molar-refractivity contribution in [3.05, 3.63) is 42.0 Å². The summed E-state index contributed by atoms with van der Waals surface area (Å²) in [6, 6.07) is 8.63. The number of carbonyl (C=O) groups is 1. The highest BCUT2D eigenvalue weighted by Gasteiger charge is 2.40. The van der Waals surface area contributed by atoms with Crippen molar-refractivity contribution in [3.63, 3.8) is 0 Å². The van der Waals surface area contributed by atoms with Gasteiger partial charge in [-0.2, -0.15) is 4.31 Å². The summed E-state index contributed by atoms with van der Waals surface area (Å²) in [6.07, 6.45) is 1.03. The van der Waals surface area contributed by atoms with Crippen molar-refractivity contribution in [2.45, 2.75) is 36.7 Å². The second kappa shape index (κ2) is 10.3. The van der Waals surface area contributed by atoms with E-state index in [1.54, 1.807) is 26.4 Å². The van der Waals surface area contributed by atoms with Gasteiger partial charge in [0.25, 0.3) is 0 Å². The fourth-order valence-corrected chi connectivity index (χ4v) is 5.59. The summed E-state index contributed by atoms with van der Waals surface area (Å²) in [6.45, 7) is 2.10. The Bertz CT molecular complexity index is 1100. The third kappa shape index (κ3) is 5.01. The molecule has 2 unspecified atom stereocenters. The average molecular weight is 479 g/mol. The van der Waals surface area contributed by atoms with Crippen LogP contribution in [0, 0.1) is 0 Å². The zero-order valence-corrected chi connectivity index (χ0v) is 20.3. The first-order valence-corrected chi connectivity index (χ1v) is 12.0. The van der Waals surface area contributed by atoms with Gasteiger partial charge in [0.2, 0.25) is 15.9 Å². The molecule has 9 nitrogen and oxygen atoms in total. The first-order chi connectivity index (χ1) is 15.8. The van der Waals surface area contributed by atoms with Crippen LogP contribution in [0.2, 0.25) is 0 Å². The molecule has 1 fully saturated rings. The number of sulfonamides is 1. The van der Waals surface area contributed by atoms with Gasteiger partial charge in [-0.3, -0.25) is 4.79 Å². The van der Waals surface area contributed by atoms with E-state index >= 15 is 0 Å². The molecule has 0 spiro atoms. The molecule has 33 heavy (non-hydrogen) atoms. The molecule has 2 atom stereocenters. The molecule has 180 valence electrons. The Balaban J connectivity index is 1.80. The normalized spacial score (nSPS) is 17.3. The van der Waals surface area contributed by atoms with Gasteiger partial charge in [0.1, 0.15) is 6.04 Å². The van der Waals surface area contributed by atoms with Crippen molar-refractivity contribution >= 4 is 15.9 Å². The van der Waals surface area contributed by atoms with Gasteiger partial charge in [0, 0.05) is 12.6 Å². The number of nitrogens with zero attached hydrogens (tertiary/aromatic N) is 1. The minimum absolute atomic E-state index is 0.0489. The van der Waals surface area contributed by atoms with Crippen LogP contribution in [-0.2, 0) is 14.8 Å². The Hall–Kier alpha value is -2.98. The van der Waals surface area contributed by atoms with Gasteiger partial charge < -0.3 is 24.3 Å². The number of hydrogen-bond acceptors (Lipinski definition) is 7. The van der Waals surface area contributed by atoms with Crippen molar-refractivity contribution in [3.8, 4) is 23.0 Å². The van der Waals surface area contributed by atoms with Crippen molar-refractivity contribution in [2.24, 2.45) is 0 Å². The molecule has 1 N–H and O–H groups in total. The van der Waals surface area contributed by atoms with Gasteiger partial charge in [-0.05, 0) is 49.6 Å². The maximum absolute atomic E-state index is 13.3. The predicted octanol–water partition coefficient (Wildman–Crippen LogP) is 2.75. The zero-order chi connectivity index (χ0) is 24.2. The molecule has 2 aromatic rings. The van der Waals surface area contributed by atoms with Crippen LogP contribution in [0.1, 0.15) is 31.4 Å². The standard InChI is InChI=1S/C23H30N2O7S/c1-15(16-8-10-19(29-2)21(13-16)31-4)24-23(26)18-7-6-12-25(18)33(27,28)17-9-11-20(30-3)22(14-17)32-5/h8-11,13-15,18H,6-7,12H2,1-5H3,(H,24,26). The fraction of sp³-hybridized carbons (Fsp3) is 0.435. The summed E-state index contributed by atoms with van der Waals surface area (Å²) in [5, 5.41) is 2.94. The van der Waals surface area contributed by atoms with E-state index < -0.39 is 16.1 Å². The molecule has 0 bridgehead atoms. The van der Waals surface area contributed by atoms with Crippen molar-refractivity contribution in [1.82, 2.24) is 9.62 Å². The third-order valence-electron chi connectivity index (χ3n) is 5.73. The SMILES string of the molecule is COc1ccc(C(C)NC(=O)C2CCCN2S(=O)(=O)c2ccc(OC)c(OC)c2)cc1OC. The Morgan fingerprint density at radius 1 is 0.939 bits per heavy atom. The van der Waals surface area contributed by atoms with Crippen LogP contribution >= 0.6 is 0 Å². The van der Waals surface area contributed by atoms with Crippen molar-refractivity contribution in [2.75, 3.05) is 35.0 Å². The van der Waals surface area contributed by atoms with Crippen molar-refractivity contribution < 1.29 is 32.2 Å². The van der Waals surface area contributed by atoms with Gasteiger partial charge in [-0.1, -0.05) is 6.07 Å². The quantitative estimate of drug-likeness (QED) is 0.591. The highest BCUT2D eigenvalue weighted by Crippen LogP contribution is 2.34. The number of rotatable bonds is 9. The van der Waals surface area contributed by atoms with E-state index in [-0.39, 0.29) is 23.4 Å². The van der Waals surface area contributed by atoms with Gasteiger partial charge in [-0.25, -0.2) is 8.42 Å². The Morgan fingerprint density at radius 2 is 1.52 bits per heavy atom. The minimum Gasteiger partial charge on any atom is -0.493 e. The molecule has 0 saturated carbocycles. The molecule has 3 rings (SSSR count). The lowest BCUT2D eigenvalue weighted by atomic mass is 10.1. The smallest absolute Gasteiger partial charge is 0.243 e. The van der Waals surface area contributed by atoms with Gasteiger partial charge in [0.15, 0.2) is 23.0 Å². The van der Waals surface area contributed by atoms with E-state index in [9.17, 15) is 13.2 Å². The number of methoxy groups -OCH3 is 4. The zero-order valence-electron chi connectivity index (χ0n) is 19.5. The second-order valence-corrected chi connectivity index (χ2v) is 9.53. The maximum Gasteiger partial charge on any atom is 0.243 e. The molecule has 2 aromatic carbocycles. The molecule has 10 heteroatoms. The third-order valence-corrected chi connectivity index (χ3v) is 7.64. The van der Waals surface area contributed by atoms with E-state index in [0.29, 0.717) is 35.8 Å². The van der Waals surface area contributed by atoms with Crippen LogP contribution < -0.4 is 24.3 Å². The number of amides is 1. The topological polar surface area (TPSA) is 103 Å². The molecule has 0 radical (unpaired) electrons. The summed E-state index contributed by atoms with van der Waals surface area (Å²) < 4.78 is 49.0. The fourth-order valence-electron chi connectivity index (χ4n) is 3.92. The van der Waals surface area contributed by atoms with Crippen LogP contribution in [0.15, 0.2) is 41.3 Å². The minimum atomic E-state index is -3.91. The van der Waals surface area contributed by atoms with Gasteiger partial charge in [0.05, 0.1) is 39.4 Å². The highest BCUT2D eigenvalue weighted by atomic mass is 32.2. The number of nitrogens with one attached hydrogen (secondary N) is 1. The van der Waals surface area contributed by atoms with Crippen LogP contribution in [0.25, 0.3) is 0 Å². The van der Waals surface area contributed by atoms with E-state index in [2.05, 4.69) is 5.32 Å². The monoisotopic (exact) mass is 478 g/mol. The molecule has 1 amide bonds. The largest absolute Gasteiger partial charge is 0.493 e. The lowest BCUT2D eigenvalue weighted by molar-refractivity contribution is -0.124. The molecular formula is C23H30N2O7S. The first kappa shape index (κ1) is 24.7. The average Bonchev–Trinajstić information content (AvgIpc) is 3.34. The van der Waals surface area contributed by atoms with E-state index in [0.717, 1.165) is 5.56 Å². The van der Waals surface area contributed by atoms with Crippen LogP contribution in [0.4, 0.5) is 0 Å². The Labute approximate surface area is 194 Å². The lowest BCUT2D eigenvalue weighted by Crippen LogP contribution is -2.46. The number of hydrogen-bond donors (Lipinski definition) is 1. The second-order valence-electron chi connectivity index (χ2n) is 7.64. The van der Waals surface area contributed by atoms with Crippen molar-refractivity contribution in [1.29, 1.82) is 0 Å². The molecule has 1 saturated heterocycles. The number of carbonyl (C=O) groups excluding carboxylic acids is 1. The molecule has 0 aromatic heterocycles. The summed E-state index contributed by atoms with van der Waals surface area (Å²) in [5.74, 6) is 1.52. The molecule has 1 heterocycles. The van der Waals surface area contributed by atoms with E-state index in [4.69, 9.17) is 18.9 Å². The van der Waals surface area contributed by atoms with Crippen LogP contribution in [-0.4, -0.2) is 59.7 Å². The van der Waals surface area contributed by atoms with E-state index in [1.165, 1.54) is 36.7 Å². The number of benzene rings is 2. The summed E-state index contributed by atoms with van der Waals surface area (Å²) in [5.41, 5.74) is 0.813. The Morgan fingerprint density at radius 3 is 2.12 bits per heavy atom. The van der Waals surface area contributed by atoms with E-state index in [1.807, 2.05) is 13.0 Å². The van der Waals surface area contributed by atoms with Crippen LogP contribution in [0.5, 0.6) is 23.0 Å². The summed E-state index contributed by atoms with van der Waals surface area (Å²) in [4.78, 5) is 13.1. The molecule has 1 aliphatic heterocycles. The highest BCUT2D eigenvalue weighted by molar-refractivity contribution is 7.89. The summed E-state index contributed by atoms with van der Waals surface area (Å²) in [7, 11) is 2.10. The molecule has 1 aliphatic rings. The lowest BCUT2D eigenvalue weighted by Gasteiger charge is -2.25. The number of ether oxygens (including phenoxy) is 4. The molecular weight excluding hydrogens is 448 g/mol. The Kier molecular flexibility index (Phi) is 7.70. The first-order valence-electron chi connectivity index (χ1n) is 10.5. The predicted molar refractivity (Wildman–Crippen MR) is 123 cm³/mol. The van der Waals surface area contributed by atoms with Crippen LogP contribution in [0.3, 0.4) is 0 Å². The molecule has 0 aliphatic carbocycles. The van der Waals surface area contributed by atoms with Gasteiger partial charge >= 0.3 is 0 Å². The maximum atomic E-state index is 13.3.